The van der Waals surface area contributed by atoms with Crippen LogP contribution in [0.5, 0.6) is 0 Å². The van der Waals surface area contributed by atoms with Crippen molar-refractivity contribution in [3.63, 3.8) is 0 Å². The van der Waals surface area contributed by atoms with Crippen LogP contribution in [0.3, 0.4) is 0 Å². The van der Waals surface area contributed by atoms with Crippen LogP contribution in [0.15, 0.2) is 71.9 Å². The number of allylic oxidation sites excluding steroid dienone is 1. The molecule has 3 saturated heterocycles. The Morgan fingerprint density at radius 3 is 1.47 bits per heavy atom. The van der Waals surface area contributed by atoms with Gasteiger partial charge >= 0.3 is 32.7 Å². The number of rotatable bonds is 2. The molecule has 0 aromatic heterocycles. The Hall–Kier alpha value is -5.51. The standard InChI is InChI=1S/C17H14BN5O2.C12H24B2O4.C11H2BrN5/c1-16(2)17(3,4)25-18(24-16)11-7-8-12-13(10(11)9-19)23-15(22-12)14(20-5)21-6;1-9(2)10(3,4)16-13(15-9)14-17-11(5,6)12(7,8)18-14;1-14-8(5-13)11-16-7-4-3-6(12)9(15-2)10(7)17-11/h7-8H,1-4H3;1-8H3;3-4H/b;;11-8-. The first-order valence-electron chi connectivity index (χ1n) is 18.5. The van der Waals surface area contributed by atoms with Gasteiger partial charge in [0, 0.05) is 9.94 Å². The molecule has 0 radical (unpaired) electrons. The van der Waals surface area contributed by atoms with Crippen LogP contribution in [0.1, 0.15) is 88.6 Å². The summed E-state index contributed by atoms with van der Waals surface area (Å²) in [6, 6.07) is 10.6. The van der Waals surface area contributed by atoms with E-state index in [4.69, 9.17) is 59.5 Å². The number of nitrogens with zero attached hydrogens (tertiary/aromatic N) is 10. The van der Waals surface area contributed by atoms with E-state index >= 15 is 0 Å². The molecule has 302 valence electrons. The molecule has 0 amide bonds. The lowest BCUT2D eigenvalue weighted by atomic mass is 9.49. The number of benzene rings is 2. The van der Waals surface area contributed by atoms with Crippen molar-refractivity contribution in [3.05, 3.63) is 125 Å². The summed E-state index contributed by atoms with van der Waals surface area (Å²) in [7, 11) is -1.65. The highest BCUT2D eigenvalue weighted by Gasteiger charge is 2.63. The van der Waals surface area contributed by atoms with Crippen molar-refractivity contribution in [2.45, 2.75) is 117 Å². The van der Waals surface area contributed by atoms with E-state index in [0.717, 1.165) is 0 Å². The zero-order chi connectivity index (χ0) is 44.8. The lowest BCUT2D eigenvalue weighted by molar-refractivity contribution is 0.00578. The molecule has 60 heavy (non-hydrogen) atoms. The molecular formula is C40H40B3BrN10O6. The van der Waals surface area contributed by atoms with Gasteiger partial charge in [-0.1, -0.05) is 28.1 Å². The molecule has 2 aromatic rings. The summed E-state index contributed by atoms with van der Waals surface area (Å²) in [6.07, 6.45) is 0. The Morgan fingerprint density at radius 1 is 0.600 bits per heavy atom. The predicted molar refractivity (Wildman–Crippen MR) is 224 cm³/mol. The zero-order valence-corrected chi connectivity index (χ0v) is 36.9. The van der Waals surface area contributed by atoms with Crippen molar-refractivity contribution < 1.29 is 27.9 Å². The van der Waals surface area contributed by atoms with Gasteiger partial charge < -0.3 is 27.9 Å². The van der Waals surface area contributed by atoms with Gasteiger partial charge in [-0.05, 0) is 95.2 Å². The minimum atomic E-state index is -0.700. The molecule has 5 heterocycles. The minimum absolute atomic E-state index is 0.0302. The van der Waals surface area contributed by atoms with E-state index in [9.17, 15) is 5.26 Å². The Bertz CT molecular complexity index is 2650. The summed E-state index contributed by atoms with van der Waals surface area (Å²) in [4.78, 5) is 29.2. The van der Waals surface area contributed by atoms with Crippen LogP contribution in [-0.2, 0) is 27.9 Å². The topological polar surface area (TPSA) is 170 Å². The molecule has 7 rings (SSSR count). The fraction of sp³-hybridized carbons (Fsp3) is 0.450. The first kappa shape index (κ1) is 45.6. The molecule has 3 fully saturated rings. The maximum absolute atomic E-state index is 9.64. The average molecular weight is 869 g/mol. The van der Waals surface area contributed by atoms with Crippen LogP contribution in [0.25, 0.3) is 19.4 Å². The van der Waals surface area contributed by atoms with Gasteiger partial charge in [0.1, 0.15) is 24.6 Å². The number of hydrogen-bond acceptors (Lipinski definition) is 12. The average Bonchev–Trinajstić information content (AvgIpc) is 3.93. The maximum atomic E-state index is 9.64. The highest BCUT2D eigenvalue weighted by molar-refractivity contribution is 9.10. The molecule has 0 saturated carbocycles. The molecular weight excluding hydrogens is 829 g/mol. The van der Waals surface area contributed by atoms with Gasteiger partial charge in [-0.25, -0.2) is 34.9 Å². The largest absolute Gasteiger partial charge is 0.564 e. The number of hydrogen-bond donors (Lipinski definition) is 0. The van der Waals surface area contributed by atoms with Crippen molar-refractivity contribution in [3.8, 4) is 12.1 Å². The third kappa shape index (κ3) is 8.30. The van der Waals surface area contributed by atoms with Gasteiger partial charge in [0.05, 0.1) is 74.5 Å². The second kappa shape index (κ2) is 16.2. The molecule has 0 unspecified atom stereocenters. The van der Waals surface area contributed by atoms with E-state index < -0.39 is 32.3 Å². The quantitative estimate of drug-likeness (QED) is 0.226. The lowest BCUT2D eigenvalue weighted by Crippen LogP contribution is -2.42. The molecule has 0 bridgehead atoms. The first-order chi connectivity index (χ1) is 27.8. The van der Waals surface area contributed by atoms with Gasteiger partial charge in [0.2, 0.25) is 11.5 Å². The van der Waals surface area contributed by atoms with Gasteiger partial charge in [-0.15, -0.1) is 0 Å². The third-order valence-electron chi connectivity index (χ3n) is 11.5. The fourth-order valence-electron chi connectivity index (χ4n) is 5.88. The smallest absolute Gasteiger partial charge is 0.405 e. The predicted octanol–water partition coefficient (Wildman–Crippen LogP) is 5.19. The lowest BCUT2D eigenvalue weighted by Gasteiger charge is -2.32. The molecule has 0 N–H and O–H groups in total. The van der Waals surface area contributed by atoms with Gasteiger partial charge in [-0.2, -0.15) is 15.0 Å². The molecule has 0 aliphatic carbocycles. The monoisotopic (exact) mass is 868 g/mol. The van der Waals surface area contributed by atoms with Crippen LogP contribution in [0, 0.1) is 49.0 Å². The van der Waals surface area contributed by atoms with Gasteiger partial charge in [0.25, 0.3) is 0 Å². The van der Waals surface area contributed by atoms with Crippen LogP contribution in [-0.4, -0.2) is 54.7 Å². The van der Waals surface area contributed by atoms with E-state index in [-0.39, 0.29) is 51.1 Å². The molecule has 0 atom stereocenters. The van der Waals surface area contributed by atoms with E-state index in [2.05, 4.69) is 61.3 Å². The van der Waals surface area contributed by atoms with Crippen LogP contribution in [0.2, 0.25) is 0 Å². The van der Waals surface area contributed by atoms with Crippen molar-refractivity contribution in [2.24, 2.45) is 20.0 Å². The third-order valence-corrected chi connectivity index (χ3v) is 12.1. The molecule has 5 aliphatic rings. The Labute approximate surface area is 358 Å². The number of nitriles is 2. The highest BCUT2D eigenvalue weighted by Crippen LogP contribution is 2.43. The summed E-state index contributed by atoms with van der Waals surface area (Å²) in [5.41, 5.74) is -1.49. The van der Waals surface area contributed by atoms with Gasteiger partial charge in [0.15, 0.2) is 5.82 Å². The van der Waals surface area contributed by atoms with Crippen molar-refractivity contribution in [1.29, 1.82) is 10.5 Å². The SMILES string of the molecule is CC1(C)OB(B2OC(C)(C)C(C)(C)O2)OC1(C)C.[C-]#[N+]/C(C#N)=C1/N=c2ccc(Br)c([N+]#[C-])c2=N1.[C-]#[N+]C([N+]#[C-])=C1N=c2ccc(B3OC(C)(C)C(C)(C)O3)c(C#N)c2=N1. The molecule has 16 nitrogen and oxygen atoms in total. The summed E-state index contributed by atoms with van der Waals surface area (Å²) in [6.45, 7) is 51.9. The summed E-state index contributed by atoms with van der Waals surface area (Å²) in [5.74, 6) is -0.125. The summed E-state index contributed by atoms with van der Waals surface area (Å²) in [5, 5.41) is 20.1. The highest BCUT2D eigenvalue weighted by atomic mass is 79.9. The van der Waals surface area contributed by atoms with Crippen LogP contribution < -0.4 is 26.9 Å². The van der Waals surface area contributed by atoms with Gasteiger partial charge in [-0.3, -0.25) is 0 Å². The van der Waals surface area contributed by atoms with E-state index in [1.807, 2.05) is 83.1 Å². The van der Waals surface area contributed by atoms with Crippen molar-refractivity contribution in [2.75, 3.05) is 0 Å². The second-order valence-corrected chi connectivity index (χ2v) is 17.8. The number of halogens is 1. The van der Waals surface area contributed by atoms with Crippen LogP contribution >= 0.6 is 15.9 Å². The minimum Gasteiger partial charge on any atom is -0.405 e. The van der Waals surface area contributed by atoms with E-state index in [1.165, 1.54) is 0 Å². The maximum Gasteiger partial charge on any atom is 0.564 e. The normalized spacial score (nSPS) is 21.6. The summed E-state index contributed by atoms with van der Waals surface area (Å²) >= 11 is 3.24. The molecule has 20 heteroatoms. The van der Waals surface area contributed by atoms with E-state index in [1.54, 1.807) is 30.3 Å². The Kier molecular flexibility index (Phi) is 12.3. The second-order valence-electron chi connectivity index (χ2n) is 16.9. The van der Waals surface area contributed by atoms with Crippen molar-refractivity contribution >= 4 is 48.2 Å². The number of fused-ring (bicyclic) bond motifs is 2. The van der Waals surface area contributed by atoms with Crippen LogP contribution in [0.4, 0.5) is 5.69 Å². The molecule has 0 spiro atoms. The fourth-order valence-corrected chi connectivity index (χ4v) is 6.29. The zero-order valence-electron chi connectivity index (χ0n) is 35.3. The molecule has 5 aliphatic heterocycles. The Morgan fingerprint density at radius 2 is 1.03 bits per heavy atom. The van der Waals surface area contributed by atoms with Crippen molar-refractivity contribution in [1.82, 2.24) is 0 Å². The first-order valence-corrected chi connectivity index (χ1v) is 19.3. The van der Waals surface area contributed by atoms with E-state index in [0.29, 0.717) is 37.1 Å². The Balaban J connectivity index is 0.000000175. The molecule has 2 aromatic carbocycles. The summed E-state index contributed by atoms with van der Waals surface area (Å²) < 4.78 is 36.5.